The Morgan fingerprint density at radius 1 is 1.00 bits per heavy atom. The van der Waals surface area contributed by atoms with Gasteiger partial charge in [-0.05, 0) is 55.0 Å². The SMILES string of the molecule is CC(Br)c1ccc2nc(-c3ccc(F)cc3)ccc2c1. The Morgan fingerprint density at radius 3 is 2.45 bits per heavy atom. The molecule has 100 valence electrons. The predicted octanol–water partition coefficient (Wildman–Crippen LogP) is 5.50. The predicted molar refractivity (Wildman–Crippen MR) is 84.5 cm³/mol. The minimum absolute atomic E-state index is 0.231. The lowest BCUT2D eigenvalue weighted by Crippen LogP contribution is -1.88. The average molecular weight is 330 g/mol. The summed E-state index contributed by atoms with van der Waals surface area (Å²) in [4.78, 5) is 4.96. The zero-order valence-corrected chi connectivity index (χ0v) is 12.6. The second-order valence-electron chi connectivity index (χ2n) is 4.77. The monoisotopic (exact) mass is 329 g/mol. The summed E-state index contributed by atoms with van der Waals surface area (Å²) in [6, 6.07) is 16.7. The Balaban J connectivity index is 2.07. The van der Waals surface area contributed by atoms with Gasteiger partial charge < -0.3 is 0 Å². The van der Waals surface area contributed by atoms with Gasteiger partial charge in [0.2, 0.25) is 0 Å². The smallest absolute Gasteiger partial charge is 0.123 e. The Labute approximate surface area is 125 Å². The second kappa shape index (κ2) is 5.33. The van der Waals surface area contributed by atoms with E-state index in [0.717, 1.165) is 22.2 Å². The van der Waals surface area contributed by atoms with Crippen molar-refractivity contribution < 1.29 is 4.39 Å². The summed E-state index contributed by atoms with van der Waals surface area (Å²) >= 11 is 3.57. The van der Waals surface area contributed by atoms with E-state index in [1.54, 1.807) is 12.1 Å². The Kier molecular flexibility index (Phi) is 3.53. The van der Waals surface area contributed by atoms with Gasteiger partial charge in [-0.2, -0.15) is 0 Å². The first kappa shape index (κ1) is 13.3. The van der Waals surface area contributed by atoms with Gasteiger partial charge in [-0.25, -0.2) is 9.37 Å². The van der Waals surface area contributed by atoms with Crippen LogP contribution in [-0.2, 0) is 0 Å². The number of pyridine rings is 1. The summed E-state index contributed by atoms with van der Waals surface area (Å²) in [6.07, 6.45) is 0. The van der Waals surface area contributed by atoms with Crippen LogP contribution in [0.15, 0.2) is 54.6 Å². The van der Waals surface area contributed by atoms with E-state index in [4.69, 9.17) is 0 Å². The minimum Gasteiger partial charge on any atom is -0.248 e. The fourth-order valence-corrected chi connectivity index (χ4v) is 2.46. The molecule has 0 saturated heterocycles. The van der Waals surface area contributed by atoms with Crippen molar-refractivity contribution in [3.63, 3.8) is 0 Å². The van der Waals surface area contributed by atoms with E-state index < -0.39 is 0 Å². The molecule has 0 N–H and O–H groups in total. The maximum Gasteiger partial charge on any atom is 0.123 e. The lowest BCUT2D eigenvalue weighted by molar-refractivity contribution is 0.628. The number of benzene rings is 2. The Bertz CT molecular complexity index is 751. The van der Waals surface area contributed by atoms with Gasteiger partial charge in [-0.1, -0.05) is 28.1 Å². The molecule has 0 aliphatic heterocycles. The van der Waals surface area contributed by atoms with E-state index in [2.05, 4.69) is 46.0 Å². The van der Waals surface area contributed by atoms with Gasteiger partial charge in [-0.3, -0.25) is 0 Å². The number of nitrogens with zero attached hydrogens (tertiary/aromatic N) is 1. The van der Waals surface area contributed by atoms with Crippen molar-refractivity contribution in [2.75, 3.05) is 0 Å². The Hall–Kier alpha value is -1.74. The molecule has 1 unspecified atom stereocenters. The molecule has 20 heavy (non-hydrogen) atoms. The van der Waals surface area contributed by atoms with Gasteiger partial charge in [0.1, 0.15) is 5.82 Å². The molecule has 2 aromatic carbocycles. The number of halogens is 2. The summed E-state index contributed by atoms with van der Waals surface area (Å²) in [5.74, 6) is -0.231. The first-order valence-electron chi connectivity index (χ1n) is 6.44. The molecular formula is C17H13BrFN. The molecule has 1 atom stereocenters. The van der Waals surface area contributed by atoms with E-state index in [1.165, 1.54) is 17.7 Å². The highest BCUT2D eigenvalue weighted by Crippen LogP contribution is 2.26. The van der Waals surface area contributed by atoms with Crippen molar-refractivity contribution in [3.8, 4) is 11.3 Å². The molecule has 3 aromatic rings. The quantitative estimate of drug-likeness (QED) is 0.566. The number of hydrogen-bond donors (Lipinski definition) is 0. The van der Waals surface area contributed by atoms with Crippen LogP contribution >= 0.6 is 15.9 Å². The average Bonchev–Trinajstić information content (AvgIpc) is 2.47. The van der Waals surface area contributed by atoms with Gasteiger partial charge >= 0.3 is 0 Å². The molecule has 0 fully saturated rings. The molecule has 1 aromatic heterocycles. The molecule has 0 spiro atoms. The van der Waals surface area contributed by atoms with Crippen molar-refractivity contribution in [2.24, 2.45) is 0 Å². The van der Waals surface area contributed by atoms with Crippen LogP contribution in [0.25, 0.3) is 22.2 Å². The summed E-state index contributed by atoms with van der Waals surface area (Å²) in [5.41, 5.74) is 3.96. The largest absolute Gasteiger partial charge is 0.248 e. The second-order valence-corrected chi connectivity index (χ2v) is 6.15. The van der Waals surface area contributed by atoms with E-state index >= 15 is 0 Å². The van der Waals surface area contributed by atoms with Crippen LogP contribution in [0.4, 0.5) is 4.39 Å². The molecule has 1 nitrogen and oxygen atoms in total. The maximum atomic E-state index is 13.0. The normalized spacial score (nSPS) is 12.6. The molecule has 3 rings (SSSR count). The number of hydrogen-bond acceptors (Lipinski definition) is 1. The lowest BCUT2D eigenvalue weighted by atomic mass is 10.1. The van der Waals surface area contributed by atoms with Crippen LogP contribution in [0.2, 0.25) is 0 Å². The van der Waals surface area contributed by atoms with Crippen LogP contribution in [0.3, 0.4) is 0 Å². The third-order valence-electron chi connectivity index (χ3n) is 3.31. The van der Waals surface area contributed by atoms with Gasteiger partial charge in [0.25, 0.3) is 0 Å². The number of aromatic nitrogens is 1. The highest BCUT2D eigenvalue weighted by molar-refractivity contribution is 9.09. The molecule has 0 radical (unpaired) electrons. The molecular weight excluding hydrogens is 317 g/mol. The van der Waals surface area contributed by atoms with Crippen molar-refractivity contribution in [3.05, 3.63) is 66.0 Å². The van der Waals surface area contributed by atoms with E-state index in [1.807, 2.05) is 12.1 Å². The number of rotatable bonds is 2. The summed E-state index contributed by atoms with van der Waals surface area (Å²) in [7, 11) is 0. The van der Waals surface area contributed by atoms with E-state index in [-0.39, 0.29) is 5.82 Å². The van der Waals surface area contributed by atoms with Crippen LogP contribution in [0, 0.1) is 5.82 Å². The third-order valence-corrected chi connectivity index (χ3v) is 3.84. The number of fused-ring (bicyclic) bond motifs is 1. The van der Waals surface area contributed by atoms with Gasteiger partial charge in [0, 0.05) is 15.8 Å². The third kappa shape index (κ3) is 2.59. The van der Waals surface area contributed by atoms with Crippen LogP contribution < -0.4 is 0 Å². The van der Waals surface area contributed by atoms with Crippen molar-refractivity contribution >= 4 is 26.8 Å². The van der Waals surface area contributed by atoms with Gasteiger partial charge in [0.05, 0.1) is 11.2 Å². The molecule has 0 saturated carbocycles. The van der Waals surface area contributed by atoms with Gasteiger partial charge in [0.15, 0.2) is 0 Å². The zero-order valence-electron chi connectivity index (χ0n) is 11.0. The van der Waals surface area contributed by atoms with E-state index in [9.17, 15) is 4.39 Å². The summed E-state index contributed by atoms with van der Waals surface area (Å²) in [6.45, 7) is 2.10. The zero-order chi connectivity index (χ0) is 14.1. The van der Waals surface area contributed by atoms with Crippen molar-refractivity contribution in [1.29, 1.82) is 0 Å². The standard InChI is InChI=1S/C17H13BrFN/c1-11(18)13-4-8-17-14(10-13)5-9-16(20-17)12-2-6-15(19)7-3-12/h2-11H,1H3. The van der Waals surface area contributed by atoms with Crippen molar-refractivity contribution in [2.45, 2.75) is 11.8 Å². The maximum absolute atomic E-state index is 13.0. The minimum atomic E-state index is -0.231. The highest BCUT2D eigenvalue weighted by atomic mass is 79.9. The van der Waals surface area contributed by atoms with Crippen molar-refractivity contribution in [1.82, 2.24) is 4.98 Å². The summed E-state index contributed by atoms with van der Waals surface area (Å²) < 4.78 is 13.0. The Morgan fingerprint density at radius 2 is 1.75 bits per heavy atom. The molecule has 0 bridgehead atoms. The topological polar surface area (TPSA) is 12.9 Å². The molecule has 0 aliphatic carbocycles. The number of alkyl halides is 1. The van der Waals surface area contributed by atoms with E-state index in [0.29, 0.717) is 4.83 Å². The molecule has 0 aliphatic rings. The highest BCUT2D eigenvalue weighted by Gasteiger charge is 2.05. The fourth-order valence-electron chi connectivity index (χ4n) is 2.17. The summed E-state index contributed by atoms with van der Waals surface area (Å²) in [5, 5.41) is 1.11. The first-order chi connectivity index (χ1) is 9.63. The molecule has 3 heteroatoms. The first-order valence-corrected chi connectivity index (χ1v) is 7.36. The van der Waals surface area contributed by atoms with Crippen LogP contribution in [0.1, 0.15) is 17.3 Å². The molecule has 0 amide bonds. The molecule has 1 heterocycles. The van der Waals surface area contributed by atoms with Gasteiger partial charge in [-0.15, -0.1) is 0 Å². The van der Waals surface area contributed by atoms with Crippen LogP contribution in [0.5, 0.6) is 0 Å². The fraction of sp³-hybridized carbons (Fsp3) is 0.118. The lowest BCUT2D eigenvalue weighted by Gasteiger charge is -2.07. The van der Waals surface area contributed by atoms with Crippen LogP contribution in [-0.4, -0.2) is 4.98 Å².